The molecule has 1 aromatic rings. The van der Waals surface area contributed by atoms with E-state index in [4.69, 9.17) is 0 Å². The highest BCUT2D eigenvalue weighted by atomic mass is 15.3. The fourth-order valence-corrected chi connectivity index (χ4v) is 2.18. The molecule has 17 heavy (non-hydrogen) atoms. The zero-order chi connectivity index (χ0) is 12.3. The van der Waals surface area contributed by atoms with E-state index in [-0.39, 0.29) is 0 Å². The van der Waals surface area contributed by atoms with Crippen molar-refractivity contribution in [2.45, 2.75) is 33.7 Å². The van der Waals surface area contributed by atoms with Gasteiger partial charge in [-0.3, -0.25) is 4.90 Å². The molecule has 0 spiro atoms. The zero-order valence-electron chi connectivity index (χ0n) is 11.1. The number of aryl methyl sites for hydroxylation is 1. The average Bonchev–Trinajstić information content (AvgIpc) is 2.51. The second-order valence-corrected chi connectivity index (χ2v) is 5.04. The van der Waals surface area contributed by atoms with E-state index in [1.165, 1.54) is 0 Å². The molecule has 4 nitrogen and oxygen atoms in total. The van der Waals surface area contributed by atoms with E-state index in [1.54, 1.807) is 0 Å². The van der Waals surface area contributed by atoms with Gasteiger partial charge in [-0.2, -0.15) is 0 Å². The largest absolute Gasteiger partial charge is 0.314 e. The molecule has 94 valence electrons. The Hall–Kier alpha value is -1.16. The summed E-state index contributed by atoms with van der Waals surface area (Å²) in [6.07, 6.45) is 5.57. The van der Waals surface area contributed by atoms with Gasteiger partial charge in [-0.25, -0.2) is 0 Å². The van der Waals surface area contributed by atoms with Gasteiger partial charge in [0.2, 0.25) is 0 Å². The number of aromatic nitrogens is 3. The smallest absolute Gasteiger partial charge is 0.134 e. The van der Waals surface area contributed by atoms with Crippen molar-refractivity contribution in [1.82, 2.24) is 19.7 Å². The predicted molar refractivity (Wildman–Crippen MR) is 68.9 cm³/mol. The van der Waals surface area contributed by atoms with E-state index in [0.717, 1.165) is 44.2 Å². The van der Waals surface area contributed by atoms with E-state index >= 15 is 0 Å². The first-order chi connectivity index (χ1) is 8.16. The maximum Gasteiger partial charge on any atom is 0.134 e. The van der Waals surface area contributed by atoms with Crippen molar-refractivity contribution in [1.29, 1.82) is 0 Å². The summed E-state index contributed by atoms with van der Waals surface area (Å²) in [6, 6.07) is 0. The van der Waals surface area contributed by atoms with E-state index in [0.29, 0.717) is 5.92 Å². The number of rotatable bonds is 3. The topological polar surface area (TPSA) is 34.0 Å². The zero-order valence-corrected chi connectivity index (χ0v) is 11.1. The van der Waals surface area contributed by atoms with Gasteiger partial charge in [-0.15, -0.1) is 10.2 Å². The molecular formula is C13H22N4. The van der Waals surface area contributed by atoms with Gasteiger partial charge in [0.05, 0.1) is 0 Å². The number of fused-ring (bicyclic) bond motifs is 1. The highest BCUT2D eigenvalue weighted by Crippen LogP contribution is 2.08. The average molecular weight is 234 g/mol. The van der Waals surface area contributed by atoms with E-state index in [9.17, 15) is 0 Å². The molecule has 1 aliphatic rings. The Bertz CT molecular complexity index is 392. The van der Waals surface area contributed by atoms with Gasteiger partial charge in [0.15, 0.2) is 0 Å². The van der Waals surface area contributed by atoms with Crippen molar-refractivity contribution >= 4 is 0 Å². The van der Waals surface area contributed by atoms with E-state index in [2.05, 4.69) is 45.7 Å². The van der Waals surface area contributed by atoms with Crippen molar-refractivity contribution in [3.05, 3.63) is 23.8 Å². The summed E-state index contributed by atoms with van der Waals surface area (Å²) in [7, 11) is 0. The van der Waals surface area contributed by atoms with Crippen LogP contribution >= 0.6 is 0 Å². The first-order valence-electron chi connectivity index (χ1n) is 6.44. The lowest BCUT2D eigenvalue weighted by Gasteiger charge is -2.17. The van der Waals surface area contributed by atoms with Gasteiger partial charge >= 0.3 is 0 Å². The van der Waals surface area contributed by atoms with Crippen molar-refractivity contribution < 1.29 is 0 Å². The lowest BCUT2D eigenvalue weighted by molar-refractivity contribution is 0.307. The first kappa shape index (κ1) is 12.3. The molecule has 2 heterocycles. The van der Waals surface area contributed by atoms with Gasteiger partial charge in [-0.05, 0) is 12.8 Å². The Balaban J connectivity index is 1.91. The maximum absolute atomic E-state index is 4.23. The summed E-state index contributed by atoms with van der Waals surface area (Å²) < 4.78 is 2.24. The molecule has 0 saturated heterocycles. The molecule has 0 aromatic carbocycles. The molecular weight excluding hydrogens is 212 g/mol. The number of hydrogen-bond acceptors (Lipinski definition) is 3. The third kappa shape index (κ3) is 3.16. The molecule has 0 aliphatic carbocycles. The van der Waals surface area contributed by atoms with Gasteiger partial charge in [0, 0.05) is 32.6 Å². The minimum absolute atomic E-state index is 0.642. The fraction of sp³-hybridized carbons (Fsp3) is 0.692. The summed E-state index contributed by atoms with van der Waals surface area (Å²) >= 11 is 0. The molecule has 0 atom stereocenters. The van der Waals surface area contributed by atoms with Crippen LogP contribution in [0.2, 0.25) is 0 Å². The van der Waals surface area contributed by atoms with Gasteiger partial charge in [0.25, 0.3) is 0 Å². The second-order valence-electron chi connectivity index (χ2n) is 5.04. The van der Waals surface area contributed by atoms with Crippen LogP contribution in [0, 0.1) is 12.8 Å². The lowest BCUT2D eigenvalue weighted by atomic mass is 10.2. The molecule has 1 aromatic heterocycles. The molecule has 4 heteroatoms. The lowest BCUT2D eigenvalue weighted by Crippen LogP contribution is -2.27. The van der Waals surface area contributed by atoms with Crippen LogP contribution in [-0.2, 0) is 13.0 Å². The summed E-state index contributed by atoms with van der Waals surface area (Å²) in [5.41, 5.74) is 0. The van der Waals surface area contributed by atoms with Gasteiger partial charge < -0.3 is 4.57 Å². The van der Waals surface area contributed by atoms with Crippen LogP contribution in [0.4, 0.5) is 0 Å². The van der Waals surface area contributed by atoms with Crippen LogP contribution in [0.5, 0.6) is 0 Å². The molecule has 0 amide bonds. The fourth-order valence-electron chi connectivity index (χ4n) is 2.18. The predicted octanol–water partition coefficient (Wildman–Crippen LogP) is 1.66. The summed E-state index contributed by atoms with van der Waals surface area (Å²) in [6.45, 7) is 10.7. The molecule has 1 aliphatic heterocycles. The third-order valence-electron chi connectivity index (χ3n) is 3.19. The van der Waals surface area contributed by atoms with Crippen molar-refractivity contribution in [3.8, 4) is 0 Å². The van der Waals surface area contributed by atoms with Crippen LogP contribution in [0.1, 0.15) is 25.5 Å². The van der Waals surface area contributed by atoms with Crippen LogP contribution in [0.15, 0.2) is 12.2 Å². The maximum atomic E-state index is 4.23. The van der Waals surface area contributed by atoms with Crippen LogP contribution in [0.25, 0.3) is 0 Å². The van der Waals surface area contributed by atoms with Crippen LogP contribution < -0.4 is 0 Å². The minimum Gasteiger partial charge on any atom is -0.314 e. The second kappa shape index (κ2) is 5.45. The highest BCUT2D eigenvalue weighted by Gasteiger charge is 2.15. The standard InChI is InChI=1S/C13H22N4/c1-11(2)5-4-7-16-8-6-13-15-14-12(3)17(13)10-9-16/h4-5,11H,6-10H2,1-3H3/b5-4+. The number of allylic oxidation sites excluding steroid dienone is 1. The Morgan fingerprint density at radius 3 is 2.82 bits per heavy atom. The highest BCUT2D eigenvalue weighted by molar-refractivity contribution is 4.97. The molecule has 0 radical (unpaired) electrons. The summed E-state index contributed by atoms with van der Waals surface area (Å²) in [5.74, 6) is 2.82. The van der Waals surface area contributed by atoms with E-state index in [1.807, 2.05) is 6.92 Å². The van der Waals surface area contributed by atoms with Gasteiger partial charge in [0.1, 0.15) is 11.6 Å². The Morgan fingerprint density at radius 1 is 1.24 bits per heavy atom. The Kier molecular flexibility index (Phi) is 3.94. The SMILES string of the molecule is Cc1nnc2n1CCN(C/C=C/C(C)C)CC2. The molecule has 2 rings (SSSR count). The number of hydrogen-bond donors (Lipinski definition) is 0. The molecule has 0 fully saturated rings. The quantitative estimate of drug-likeness (QED) is 0.746. The Morgan fingerprint density at radius 2 is 2.06 bits per heavy atom. The van der Waals surface area contributed by atoms with Gasteiger partial charge in [-0.1, -0.05) is 26.0 Å². The van der Waals surface area contributed by atoms with E-state index < -0.39 is 0 Å². The summed E-state index contributed by atoms with van der Waals surface area (Å²) in [4.78, 5) is 2.48. The first-order valence-corrected chi connectivity index (χ1v) is 6.44. The van der Waals surface area contributed by atoms with Crippen LogP contribution in [0.3, 0.4) is 0 Å². The minimum atomic E-state index is 0.642. The molecule has 0 saturated carbocycles. The van der Waals surface area contributed by atoms with Crippen LogP contribution in [-0.4, -0.2) is 39.3 Å². The monoisotopic (exact) mass is 234 g/mol. The van der Waals surface area contributed by atoms with Crippen molar-refractivity contribution in [2.75, 3.05) is 19.6 Å². The van der Waals surface area contributed by atoms with Crippen molar-refractivity contribution in [3.63, 3.8) is 0 Å². The number of nitrogens with zero attached hydrogens (tertiary/aromatic N) is 4. The summed E-state index contributed by atoms with van der Waals surface area (Å²) in [5, 5.41) is 8.36. The Labute approximate surface area is 103 Å². The van der Waals surface area contributed by atoms with Crippen molar-refractivity contribution in [2.24, 2.45) is 5.92 Å². The normalized spacial score (nSPS) is 17.6. The molecule has 0 N–H and O–H groups in total. The molecule has 0 unspecified atom stereocenters. The third-order valence-corrected chi connectivity index (χ3v) is 3.19. The molecule has 0 bridgehead atoms.